The van der Waals surface area contributed by atoms with Crippen molar-refractivity contribution in [2.24, 2.45) is 0 Å². The Morgan fingerprint density at radius 1 is 1.23 bits per heavy atom. The summed E-state index contributed by atoms with van der Waals surface area (Å²) in [6.07, 6.45) is 2.06. The summed E-state index contributed by atoms with van der Waals surface area (Å²) in [6, 6.07) is 0. The molecule has 0 saturated heterocycles. The summed E-state index contributed by atoms with van der Waals surface area (Å²) in [6.45, 7) is 5.44. The van der Waals surface area contributed by atoms with Crippen LogP contribution in [0, 0.1) is 0 Å². The highest BCUT2D eigenvalue weighted by atomic mass is 16.6. The van der Waals surface area contributed by atoms with E-state index in [2.05, 4.69) is 15.6 Å². The standard InChI is InChI=1S/C13H22N4O5/c1-3-5-20-7-8-22-13(19)14-9-12-10-17(16-15-12)4-6-21-11(2)18/h10H,3-9H2,1-2H3,(H,14,19). The van der Waals surface area contributed by atoms with Gasteiger partial charge < -0.3 is 19.5 Å². The lowest BCUT2D eigenvalue weighted by molar-refractivity contribution is -0.141. The highest BCUT2D eigenvalue weighted by molar-refractivity contribution is 5.67. The number of hydrogen-bond acceptors (Lipinski definition) is 7. The van der Waals surface area contributed by atoms with Gasteiger partial charge in [-0.3, -0.25) is 4.79 Å². The predicted octanol–water partition coefficient (Wildman–Crippen LogP) is 0.494. The molecule has 0 radical (unpaired) electrons. The van der Waals surface area contributed by atoms with Gasteiger partial charge in [-0.15, -0.1) is 5.10 Å². The second-order valence-corrected chi connectivity index (χ2v) is 4.41. The van der Waals surface area contributed by atoms with Gasteiger partial charge in [0.2, 0.25) is 0 Å². The molecule has 0 aliphatic heterocycles. The monoisotopic (exact) mass is 314 g/mol. The van der Waals surface area contributed by atoms with Crippen molar-refractivity contribution in [3.63, 3.8) is 0 Å². The van der Waals surface area contributed by atoms with Crippen LogP contribution in [0.25, 0.3) is 0 Å². The zero-order valence-corrected chi connectivity index (χ0v) is 12.9. The van der Waals surface area contributed by atoms with Crippen LogP contribution in [0.5, 0.6) is 0 Å². The van der Waals surface area contributed by atoms with Crippen molar-refractivity contribution in [1.29, 1.82) is 0 Å². The lowest BCUT2D eigenvalue weighted by Gasteiger charge is -2.06. The number of nitrogens with one attached hydrogen (secondary N) is 1. The van der Waals surface area contributed by atoms with Gasteiger partial charge in [0.1, 0.15) is 18.9 Å². The van der Waals surface area contributed by atoms with Crippen LogP contribution in [0.1, 0.15) is 26.0 Å². The third-order valence-corrected chi connectivity index (χ3v) is 2.43. The second-order valence-electron chi connectivity index (χ2n) is 4.41. The average molecular weight is 314 g/mol. The van der Waals surface area contributed by atoms with Crippen LogP contribution in [0.3, 0.4) is 0 Å². The minimum Gasteiger partial charge on any atom is -0.464 e. The molecule has 1 heterocycles. The molecule has 1 N–H and O–H groups in total. The molecule has 1 amide bonds. The average Bonchev–Trinajstić information content (AvgIpc) is 2.92. The van der Waals surface area contributed by atoms with E-state index in [0.29, 0.717) is 25.5 Å². The van der Waals surface area contributed by atoms with Crippen molar-refractivity contribution < 1.29 is 23.8 Å². The summed E-state index contributed by atoms with van der Waals surface area (Å²) >= 11 is 0. The van der Waals surface area contributed by atoms with E-state index in [-0.39, 0.29) is 25.7 Å². The van der Waals surface area contributed by atoms with Crippen molar-refractivity contribution in [2.75, 3.05) is 26.4 Å². The SMILES string of the molecule is CCCOCCOC(=O)NCc1cn(CCOC(C)=O)nn1. The molecular formula is C13H22N4O5. The molecule has 9 heteroatoms. The molecular weight excluding hydrogens is 292 g/mol. The predicted molar refractivity (Wildman–Crippen MR) is 76.0 cm³/mol. The zero-order chi connectivity index (χ0) is 16.2. The number of ether oxygens (including phenoxy) is 3. The van der Waals surface area contributed by atoms with Crippen molar-refractivity contribution in [1.82, 2.24) is 20.3 Å². The summed E-state index contributed by atoms with van der Waals surface area (Å²) in [7, 11) is 0. The van der Waals surface area contributed by atoms with Crippen LogP contribution < -0.4 is 5.32 Å². The van der Waals surface area contributed by atoms with Crippen molar-refractivity contribution in [3.8, 4) is 0 Å². The Bertz CT molecular complexity index is 463. The van der Waals surface area contributed by atoms with Crippen LogP contribution in [0.4, 0.5) is 4.79 Å². The summed E-state index contributed by atoms with van der Waals surface area (Å²) < 4.78 is 16.4. The Kier molecular flexibility index (Phi) is 8.58. The summed E-state index contributed by atoms with van der Waals surface area (Å²) in [5, 5.41) is 10.3. The molecule has 1 aromatic heterocycles. The summed E-state index contributed by atoms with van der Waals surface area (Å²) in [5.74, 6) is -0.340. The number of rotatable bonds is 10. The molecule has 0 saturated carbocycles. The molecule has 22 heavy (non-hydrogen) atoms. The van der Waals surface area contributed by atoms with Gasteiger partial charge in [-0.1, -0.05) is 12.1 Å². The fourth-order valence-corrected chi connectivity index (χ4v) is 1.47. The maximum atomic E-state index is 11.4. The van der Waals surface area contributed by atoms with Gasteiger partial charge in [0.25, 0.3) is 0 Å². The molecule has 0 aliphatic carbocycles. The van der Waals surface area contributed by atoms with Crippen LogP contribution >= 0.6 is 0 Å². The fourth-order valence-electron chi connectivity index (χ4n) is 1.47. The minimum absolute atomic E-state index is 0.209. The smallest absolute Gasteiger partial charge is 0.407 e. The zero-order valence-electron chi connectivity index (χ0n) is 12.9. The molecule has 0 fully saturated rings. The Morgan fingerprint density at radius 2 is 2.05 bits per heavy atom. The van der Waals surface area contributed by atoms with E-state index in [4.69, 9.17) is 14.2 Å². The molecule has 124 valence electrons. The third kappa shape index (κ3) is 8.20. The number of hydrogen-bond donors (Lipinski definition) is 1. The van der Waals surface area contributed by atoms with E-state index in [1.807, 2.05) is 6.92 Å². The Hall–Kier alpha value is -2.16. The van der Waals surface area contributed by atoms with Gasteiger partial charge >= 0.3 is 12.1 Å². The molecule has 1 aromatic rings. The Balaban J connectivity index is 2.15. The van der Waals surface area contributed by atoms with E-state index in [1.54, 1.807) is 6.20 Å². The first-order valence-corrected chi connectivity index (χ1v) is 7.12. The van der Waals surface area contributed by atoms with E-state index >= 15 is 0 Å². The number of esters is 1. The van der Waals surface area contributed by atoms with Crippen LogP contribution in [0.2, 0.25) is 0 Å². The lowest BCUT2D eigenvalue weighted by atomic mass is 10.5. The van der Waals surface area contributed by atoms with Crippen LogP contribution in [-0.2, 0) is 32.1 Å². The molecule has 0 unspecified atom stereocenters. The third-order valence-electron chi connectivity index (χ3n) is 2.43. The fraction of sp³-hybridized carbons (Fsp3) is 0.692. The van der Waals surface area contributed by atoms with Gasteiger partial charge in [-0.2, -0.15) is 0 Å². The number of nitrogens with zero attached hydrogens (tertiary/aromatic N) is 3. The number of amides is 1. The van der Waals surface area contributed by atoms with Crippen molar-refractivity contribution >= 4 is 12.1 Å². The first kappa shape index (κ1) is 17.9. The van der Waals surface area contributed by atoms with Gasteiger partial charge in [0, 0.05) is 13.5 Å². The van der Waals surface area contributed by atoms with E-state index in [1.165, 1.54) is 11.6 Å². The van der Waals surface area contributed by atoms with Gasteiger partial charge in [-0.05, 0) is 6.42 Å². The molecule has 0 aliphatic rings. The van der Waals surface area contributed by atoms with E-state index in [0.717, 1.165) is 6.42 Å². The van der Waals surface area contributed by atoms with Crippen LogP contribution in [0.15, 0.2) is 6.20 Å². The highest BCUT2D eigenvalue weighted by Gasteiger charge is 2.05. The van der Waals surface area contributed by atoms with Crippen LogP contribution in [-0.4, -0.2) is 53.5 Å². The van der Waals surface area contributed by atoms with Gasteiger partial charge in [0.15, 0.2) is 0 Å². The van der Waals surface area contributed by atoms with Crippen molar-refractivity contribution in [3.05, 3.63) is 11.9 Å². The number of carbonyl (C=O) groups is 2. The van der Waals surface area contributed by atoms with Gasteiger partial charge in [-0.25, -0.2) is 9.48 Å². The lowest BCUT2D eigenvalue weighted by Crippen LogP contribution is -2.25. The first-order chi connectivity index (χ1) is 10.6. The molecule has 1 rings (SSSR count). The largest absolute Gasteiger partial charge is 0.464 e. The van der Waals surface area contributed by atoms with E-state index in [9.17, 15) is 9.59 Å². The normalized spacial score (nSPS) is 10.3. The molecule has 9 nitrogen and oxygen atoms in total. The Labute approximate surface area is 128 Å². The molecule has 0 aromatic carbocycles. The second kappa shape index (κ2) is 10.6. The number of carbonyl (C=O) groups excluding carboxylic acids is 2. The first-order valence-electron chi connectivity index (χ1n) is 7.12. The highest BCUT2D eigenvalue weighted by Crippen LogP contribution is 1.94. The Morgan fingerprint density at radius 3 is 2.77 bits per heavy atom. The summed E-state index contributed by atoms with van der Waals surface area (Å²) in [5.41, 5.74) is 0.585. The molecule has 0 spiro atoms. The number of alkyl carbamates (subject to hydrolysis) is 1. The minimum atomic E-state index is -0.533. The van der Waals surface area contributed by atoms with Crippen molar-refractivity contribution in [2.45, 2.75) is 33.4 Å². The van der Waals surface area contributed by atoms with Gasteiger partial charge in [0.05, 0.1) is 25.9 Å². The summed E-state index contributed by atoms with van der Waals surface area (Å²) in [4.78, 5) is 22.0. The maximum absolute atomic E-state index is 11.4. The molecule has 0 atom stereocenters. The topological polar surface area (TPSA) is 105 Å². The maximum Gasteiger partial charge on any atom is 0.407 e. The molecule has 0 bridgehead atoms. The number of aromatic nitrogens is 3. The van der Waals surface area contributed by atoms with E-state index < -0.39 is 6.09 Å². The quantitative estimate of drug-likeness (QED) is 0.495.